The summed E-state index contributed by atoms with van der Waals surface area (Å²) < 4.78 is 18.8. The zero-order valence-corrected chi connectivity index (χ0v) is 37.1. The van der Waals surface area contributed by atoms with Crippen LogP contribution in [0.2, 0.25) is 36.3 Å². The molecule has 0 bridgehead atoms. The Kier molecular flexibility index (Phi) is 17.5. The molecule has 10 heteroatoms. The topological polar surface area (TPSA) is 85.9 Å². The van der Waals surface area contributed by atoms with Crippen LogP contribution in [0.1, 0.15) is 94.6 Å². The summed E-state index contributed by atoms with van der Waals surface area (Å²) in [4.78, 5) is 26.1. The Labute approximate surface area is 317 Å². The van der Waals surface area contributed by atoms with Gasteiger partial charge in [-0.25, -0.2) is 0 Å². The number of halogens is 1. The van der Waals surface area contributed by atoms with Crippen LogP contribution >= 0.6 is 11.6 Å². The second kappa shape index (κ2) is 19.3. The highest BCUT2D eigenvalue weighted by atomic mass is 35.5. The van der Waals surface area contributed by atoms with Crippen molar-refractivity contribution in [2.45, 2.75) is 137 Å². The molecule has 0 heterocycles. The van der Waals surface area contributed by atoms with Gasteiger partial charge in [0.25, 0.3) is 8.32 Å². The van der Waals surface area contributed by atoms with Gasteiger partial charge in [0.2, 0.25) is 11.8 Å². The van der Waals surface area contributed by atoms with Crippen LogP contribution in [0.3, 0.4) is 0 Å². The third-order valence-corrected chi connectivity index (χ3v) is 18.6. The Morgan fingerprint density at radius 1 is 0.863 bits per heavy atom. The molecule has 0 saturated carbocycles. The quantitative estimate of drug-likeness (QED) is 0.0996. The SMILES string of the molecule is COc1cc(/C=C(C)/C=C\C=C/C(=O)N[C@H](C(=O)N/C=C\C[C@@H](C/C=C(\C)Cl)O[Si](C)(C)C(C)(C)C)C(C)(C)C)ccc1O[Si](C)(C)C(C)(C)C. The number of hydrogen-bond acceptors (Lipinski definition) is 5. The minimum atomic E-state index is -2.01. The van der Waals surface area contributed by atoms with Gasteiger partial charge in [-0.15, -0.1) is 0 Å². The number of rotatable bonds is 16. The summed E-state index contributed by atoms with van der Waals surface area (Å²) in [5.41, 5.74) is 1.46. The second-order valence-corrected chi connectivity index (χ2v) is 27.4. The molecule has 1 rings (SSSR count). The number of methoxy groups -OCH3 is 1. The molecule has 2 N–H and O–H groups in total. The molecule has 0 fully saturated rings. The Hall–Kier alpha value is -2.86. The first-order chi connectivity index (χ1) is 23.2. The minimum Gasteiger partial charge on any atom is -0.541 e. The average Bonchev–Trinajstić information content (AvgIpc) is 2.97. The van der Waals surface area contributed by atoms with Gasteiger partial charge in [-0.1, -0.05) is 122 Å². The number of benzene rings is 1. The molecular weight excluding hydrogens is 692 g/mol. The maximum absolute atomic E-state index is 13.2. The highest BCUT2D eigenvalue weighted by Gasteiger charge is 2.40. The van der Waals surface area contributed by atoms with Crippen molar-refractivity contribution in [1.29, 1.82) is 0 Å². The van der Waals surface area contributed by atoms with E-state index in [2.05, 4.69) is 78.4 Å². The van der Waals surface area contributed by atoms with E-state index < -0.39 is 28.1 Å². The van der Waals surface area contributed by atoms with Crippen LogP contribution in [0.5, 0.6) is 11.5 Å². The van der Waals surface area contributed by atoms with Gasteiger partial charge < -0.3 is 24.2 Å². The van der Waals surface area contributed by atoms with E-state index in [1.807, 2.05) is 77.1 Å². The number of carbonyl (C=O) groups is 2. The Morgan fingerprint density at radius 3 is 1.98 bits per heavy atom. The molecule has 0 unspecified atom stereocenters. The van der Waals surface area contributed by atoms with E-state index >= 15 is 0 Å². The molecular formula is C41H67ClN2O5Si2. The molecule has 2 atom stereocenters. The fraction of sp³-hybridized carbons (Fsp3) is 0.561. The van der Waals surface area contributed by atoms with Gasteiger partial charge in [0.05, 0.1) is 13.2 Å². The third kappa shape index (κ3) is 16.1. The zero-order chi connectivity index (χ0) is 39.4. The van der Waals surface area contributed by atoms with Crippen LogP contribution in [0, 0.1) is 5.41 Å². The van der Waals surface area contributed by atoms with Crippen molar-refractivity contribution in [2.24, 2.45) is 5.41 Å². The van der Waals surface area contributed by atoms with E-state index in [0.717, 1.165) is 21.9 Å². The lowest BCUT2D eigenvalue weighted by Gasteiger charge is -2.39. The average molecular weight is 760 g/mol. The van der Waals surface area contributed by atoms with E-state index in [9.17, 15) is 9.59 Å². The van der Waals surface area contributed by atoms with Crippen LogP contribution in [0.15, 0.2) is 71.5 Å². The van der Waals surface area contributed by atoms with Gasteiger partial charge in [-0.05, 0) is 92.3 Å². The number of ether oxygens (including phenoxy) is 1. The summed E-state index contributed by atoms with van der Waals surface area (Å²) in [6.07, 6.45) is 15.6. The standard InChI is InChI=1S/C41H67ClN2O5Si2/c1-30(28-32-24-26-34(35(29-32)47-12)49-51(15,16)41(9,10)11)20-17-18-22-36(45)44-37(39(3,4)5)38(46)43-27-19-21-33(25-23-31(2)42)48-50(13,14)40(6,7)8/h17-20,22-24,26-29,33,37H,21,25H2,1-16H3,(H,43,46)(H,44,45)/b20-17-,22-18-,27-19-,30-28+,31-23+/t33-,37+/m0/s1. The number of nitrogens with one attached hydrogen (secondary N) is 2. The van der Waals surface area contributed by atoms with Crippen LogP contribution in [0.4, 0.5) is 0 Å². The van der Waals surface area contributed by atoms with Crippen molar-refractivity contribution < 1.29 is 23.2 Å². The minimum absolute atomic E-state index is 0.0575. The smallest absolute Gasteiger partial charge is 0.250 e. The molecule has 1 aromatic rings. The second-order valence-electron chi connectivity index (χ2n) is 17.4. The zero-order valence-electron chi connectivity index (χ0n) is 34.3. The Balaban J connectivity index is 2.91. The molecule has 0 saturated heterocycles. The van der Waals surface area contributed by atoms with E-state index in [0.29, 0.717) is 18.6 Å². The van der Waals surface area contributed by atoms with Crippen LogP contribution < -0.4 is 19.8 Å². The lowest BCUT2D eigenvalue weighted by molar-refractivity contribution is -0.129. The molecule has 286 valence electrons. The summed E-state index contributed by atoms with van der Waals surface area (Å²) in [6.45, 7) is 31.8. The van der Waals surface area contributed by atoms with Crippen molar-refractivity contribution in [2.75, 3.05) is 7.11 Å². The lowest BCUT2D eigenvalue weighted by Crippen LogP contribution is -2.52. The molecule has 0 aliphatic heterocycles. The van der Waals surface area contributed by atoms with Crippen molar-refractivity contribution in [3.63, 3.8) is 0 Å². The predicted molar refractivity (Wildman–Crippen MR) is 222 cm³/mol. The predicted octanol–water partition coefficient (Wildman–Crippen LogP) is 11.1. The highest BCUT2D eigenvalue weighted by Crippen LogP contribution is 2.41. The van der Waals surface area contributed by atoms with E-state index in [1.54, 1.807) is 25.5 Å². The third-order valence-electron chi connectivity index (χ3n) is 9.56. The van der Waals surface area contributed by atoms with Gasteiger partial charge >= 0.3 is 0 Å². The highest BCUT2D eigenvalue weighted by molar-refractivity contribution is 6.75. The van der Waals surface area contributed by atoms with Gasteiger partial charge in [-0.3, -0.25) is 9.59 Å². The first-order valence-corrected chi connectivity index (χ1v) is 24.1. The largest absolute Gasteiger partial charge is 0.541 e. The number of carbonyl (C=O) groups excluding carboxylic acids is 2. The molecule has 2 amide bonds. The molecule has 7 nitrogen and oxygen atoms in total. The Morgan fingerprint density at radius 2 is 1.45 bits per heavy atom. The van der Waals surface area contributed by atoms with Gasteiger partial charge in [-0.2, -0.15) is 0 Å². The fourth-order valence-electron chi connectivity index (χ4n) is 4.34. The maximum atomic E-state index is 13.2. The summed E-state index contributed by atoms with van der Waals surface area (Å²) in [6, 6.07) is 5.20. The van der Waals surface area contributed by atoms with Gasteiger partial charge in [0.15, 0.2) is 14.1 Å². The van der Waals surface area contributed by atoms with Crippen molar-refractivity contribution in [3.05, 3.63) is 77.0 Å². The lowest BCUT2D eigenvalue weighted by atomic mass is 9.86. The van der Waals surface area contributed by atoms with Crippen molar-refractivity contribution >= 4 is 46.1 Å². The van der Waals surface area contributed by atoms with E-state index in [-0.39, 0.29) is 28.0 Å². The first-order valence-electron chi connectivity index (χ1n) is 17.9. The van der Waals surface area contributed by atoms with Crippen LogP contribution in [-0.4, -0.2) is 47.7 Å². The normalized spacial score (nSPS) is 15.4. The molecule has 51 heavy (non-hydrogen) atoms. The summed E-state index contributed by atoms with van der Waals surface area (Å²) >= 11 is 6.12. The Bertz CT molecular complexity index is 1470. The number of allylic oxidation sites excluding steroid dienone is 5. The number of amides is 2. The van der Waals surface area contributed by atoms with Crippen molar-refractivity contribution in [3.8, 4) is 11.5 Å². The van der Waals surface area contributed by atoms with Crippen molar-refractivity contribution in [1.82, 2.24) is 10.6 Å². The fourth-order valence-corrected chi connectivity index (χ4v) is 6.83. The summed E-state index contributed by atoms with van der Waals surface area (Å²) in [5, 5.41) is 6.61. The summed E-state index contributed by atoms with van der Waals surface area (Å²) in [7, 11) is -2.36. The molecule has 0 radical (unpaired) electrons. The van der Waals surface area contributed by atoms with E-state index in [4.69, 9.17) is 25.2 Å². The maximum Gasteiger partial charge on any atom is 0.250 e. The molecule has 0 aromatic heterocycles. The molecule has 1 aromatic carbocycles. The monoisotopic (exact) mass is 758 g/mol. The number of hydrogen-bond donors (Lipinski definition) is 2. The summed E-state index contributed by atoms with van der Waals surface area (Å²) in [5.74, 6) is 0.815. The molecule has 0 aliphatic rings. The van der Waals surface area contributed by atoms with Gasteiger partial charge in [0, 0.05) is 11.1 Å². The van der Waals surface area contributed by atoms with Crippen LogP contribution in [-0.2, 0) is 14.0 Å². The molecule has 0 aliphatic carbocycles. The van der Waals surface area contributed by atoms with Crippen LogP contribution in [0.25, 0.3) is 6.08 Å². The van der Waals surface area contributed by atoms with Gasteiger partial charge in [0.1, 0.15) is 11.8 Å². The van der Waals surface area contributed by atoms with E-state index in [1.165, 1.54) is 6.08 Å². The first kappa shape index (κ1) is 46.2. The molecule has 0 spiro atoms.